The smallest absolute Gasteiger partial charge is 0.0255 e. The summed E-state index contributed by atoms with van der Waals surface area (Å²) >= 11 is 0. The summed E-state index contributed by atoms with van der Waals surface area (Å²) in [6, 6.07) is 23.9. The number of hydrogen-bond donors (Lipinski definition) is 0. The van der Waals surface area contributed by atoms with E-state index in [-0.39, 0.29) is 14.9 Å². The molecule has 0 aliphatic heterocycles. The zero-order valence-corrected chi connectivity index (χ0v) is 43.3. The van der Waals surface area contributed by atoms with Gasteiger partial charge in [0.05, 0.1) is 0 Å². The average Bonchev–Trinajstić information content (AvgIpc) is 3.32. The molecule has 360 valence electrons. The van der Waals surface area contributed by atoms with E-state index >= 15 is 0 Å². The Balaban J connectivity index is -0.000000390. The Kier molecular flexibility index (Phi) is 62.8. The quantitative estimate of drug-likeness (QED) is 0.0860. The fourth-order valence-electron chi connectivity index (χ4n) is 5.59. The first-order valence-corrected chi connectivity index (χ1v) is 25.1. The highest BCUT2D eigenvalue weighted by atomic mass is 14.1. The Morgan fingerprint density at radius 2 is 0.859 bits per heavy atom. The summed E-state index contributed by atoms with van der Waals surface area (Å²) in [7, 11) is 0. The van der Waals surface area contributed by atoms with Crippen LogP contribution in [0.25, 0.3) is 12.2 Å². The fraction of sp³-hybridized carbons (Fsp3) is 0.500. The molecule has 64 heavy (non-hydrogen) atoms. The Morgan fingerprint density at radius 3 is 1.23 bits per heavy atom. The number of aryl methyl sites for hydroxylation is 2. The maximum absolute atomic E-state index is 4.03. The molecule has 0 bridgehead atoms. The third kappa shape index (κ3) is 39.1. The lowest BCUT2D eigenvalue weighted by molar-refractivity contribution is 0.632. The second-order valence-corrected chi connectivity index (χ2v) is 14.0. The number of hydrogen-bond acceptors (Lipinski definition) is 0. The predicted octanol–water partition coefficient (Wildman–Crippen LogP) is 21.5. The van der Waals surface area contributed by atoms with Gasteiger partial charge in [0, 0.05) is 22.3 Å². The maximum atomic E-state index is 4.03. The molecule has 0 saturated heterocycles. The summed E-state index contributed by atoms with van der Waals surface area (Å²) < 4.78 is 0. The van der Waals surface area contributed by atoms with Crippen LogP contribution in [-0.2, 0) is 12.8 Å². The molecule has 1 aliphatic carbocycles. The lowest BCUT2D eigenvalue weighted by Crippen LogP contribution is -1.90. The van der Waals surface area contributed by atoms with Crippen molar-refractivity contribution in [2.24, 2.45) is 0 Å². The molecule has 1 aliphatic rings. The first-order chi connectivity index (χ1) is 30.4. The van der Waals surface area contributed by atoms with Crippen molar-refractivity contribution in [3.05, 3.63) is 154 Å². The van der Waals surface area contributed by atoms with E-state index in [1.807, 2.05) is 68.4 Å². The molecular formula is C64H104. The van der Waals surface area contributed by atoms with Gasteiger partial charge in [0.1, 0.15) is 0 Å². The van der Waals surface area contributed by atoms with Crippen LogP contribution in [0, 0.1) is 23.7 Å². The second-order valence-electron chi connectivity index (χ2n) is 14.0. The number of benzene rings is 3. The van der Waals surface area contributed by atoms with Crippen molar-refractivity contribution in [1.82, 2.24) is 0 Å². The topological polar surface area (TPSA) is 0 Å². The Hall–Kier alpha value is -4.52. The molecule has 0 atom stereocenters. The van der Waals surface area contributed by atoms with Crippen molar-refractivity contribution in [3.8, 4) is 23.7 Å². The fourth-order valence-corrected chi connectivity index (χ4v) is 5.59. The van der Waals surface area contributed by atoms with E-state index in [1.54, 1.807) is 6.08 Å². The van der Waals surface area contributed by atoms with Crippen LogP contribution in [0.3, 0.4) is 0 Å². The molecular weight excluding hydrogens is 769 g/mol. The summed E-state index contributed by atoms with van der Waals surface area (Å²) in [5, 5.41) is 0. The van der Waals surface area contributed by atoms with Crippen LogP contribution < -0.4 is 0 Å². The predicted molar refractivity (Wildman–Crippen MR) is 304 cm³/mol. The van der Waals surface area contributed by atoms with Crippen molar-refractivity contribution in [2.75, 3.05) is 0 Å². The minimum Gasteiger partial charge on any atom is -0.103 e. The summed E-state index contributed by atoms with van der Waals surface area (Å²) in [5.74, 6) is 13.4. The van der Waals surface area contributed by atoms with Gasteiger partial charge in [0.2, 0.25) is 0 Å². The van der Waals surface area contributed by atoms with Gasteiger partial charge in [-0.25, -0.2) is 0 Å². The second kappa shape index (κ2) is 56.5. The summed E-state index contributed by atoms with van der Waals surface area (Å²) in [5.41, 5.74) is 10.5. The summed E-state index contributed by atoms with van der Waals surface area (Å²) in [4.78, 5) is 0. The van der Waals surface area contributed by atoms with E-state index in [2.05, 4.69) is 169 Å². The normalized spacial score (nSPS) is 10.3. The van der Waals surface area contributed by atoms with Crippen molar-refractivity contribution in [2.45, 2.75) is 215 Å². The SMILES string of the molecule is C.C.C=CC.C=Cc1ccc(C#Cc2ccc(CCCCCCC)cc2)cc1/C=C1/C=CC(C#Cc2ccc(CCCCCCC)cc2)=CC1.CC.CC.CC.CC.CCC.CCC. The molecule has 0 aromatic heterocycles. The molecule has 4 rings (SSSR count). The van der Waals surface area contributed by atoms with E-state index in [0.717, 1.165) is 52.7 Å². The van der Waals surface area contributed by atoms with Gasteiger partial charge in [0.15, 0.2) is 0 Å². The highest BCUT2D eigenvalue weighted by molar-refractivity contribution is 5.70. The molecule has 3 aromatic rings. The minimum atomic E-state index is 0. The van der Waals surface area contributed by atoms with Gasteiger partial charge in [-0.1, -0.05) is 267 Å². The van der Waals surface area contributed by atoms with Gasteiger partial charge in [0.25, 0.3) is 0 Å². The lowest BCUT2D eigenvalue weighted by Gasteiger charge is -2.08. The Bertz CT molecular complexity index is 1660. The highest BCUT2D eigenvalue weighted by Gasteiger charge is 2.04. The highest BCUT2D eigenvalue weighted by Crippen LogP contribution is 2.22. The third-order valence-electron chi connectivity index (χ3n) is 8.43. The average molecular weight is 874 g/mol. The molecule has 0 N–H and O–H groups in total. The van der Waals surface area contributed by atoms with Crippen molar-refractivity contribution < 1.29 is 0 Å². The Morgan fingerprint density at radius 1 is 0.484 bits per heavy atom. The first kappa shape index (κ1) is 71.1. The van der Waals surface area contributed by atoms with Crippen molar-refractivity contribution in [1.29, 1.82) is 0 Å². The summed E-state index contributed by atoms with van der Waals surface area (Å²) in [6.07, 6.45) is 31.3. The van der Waals surface area contributed by atoms with E-state index in [0.29, 0.717) is 0 Å². The lowest BCUT2D eigenvalue weighted by atomic mass is 9.96. The number of allylic oxidation sites excluding steroid dienone is 6. The van der Waals surface area contributed by atoms with E-state index in [9.17, 15) is 0 Å². The van der Waals surface area contributed by atoms with Crippen LogP contribution in [0.15, 0.2) is 115 Å². The molecule has 0 radical (unpaired) electrons. The third-order valence-corrected chi connectivity index (χ3v) is 8.43. The standard InChI is InChI=1S/C45H50.2C3H8.C3H6.4C2H6.2CH4/c1-4-7-9-11-13-15-37-17-21-39(22-18-37)25-26-41-27-30-42(31-28-41)35-45-36-43(33-34-44(45)6-3)32-29-40-23-19-38(20-24-40)16-14-12-10-8-5-2;3*1-3-2;4*1-2;;/h6,17-24,27-28,30,33-36H,3-5,7-16,31H2,1-2H3;2*3H2,1-2H3;3H,1H2,2H3;4*1-2H3;2*1H4/b42-35-;;;;;;;;;. The van der Waals surface area contributed by atoms with Gasteiger partial charge < -0.3 is 0 Å². The molecule has 0 amide bonds. The van der Waals surface area contributed by atoms with Gasteiger partial charge in [-0.2, -0.15) is 0 Å². The zero-order chi connectivity index (χ0) is 47.7. The number of rotatable bonds is 14. The van der Waals surface area contributed by atoms with Gasteiger partial charge in [-0.05, 0) is 109 Å². The monoisotopic (exact) mass is 873 g/mol. The van der Waals surface area contributed by atoms with Crippen LogP contribution >= 0.6 is 0 Å². The van der Waals surface area contributed by atoms with Crippen LogP contribution in [-0.4, -0.2) is 0 Å². The van der Waals surface area contributed by atoms with Crippen LogP contribution in [0.4, 0.5) is 0 Å². The molecule has 0 nitrogen and oxygen atoms in total. The molecule has 0 saturated carbocycles. The molecule has 0 unspecified atom stereocenters. The number of unbranched alkanes of at least 4 members (excludes halogenated alkanes) is 8. The van der Waals surface area contributed by atoms with E-state index in [1.165, 1.54) is 93.7 Å². The van der Waals surface area contributed by atoms with Crippen molar-refractivity contribution >= 4 is 12.2 Å². The van der Waals surface area contributed by atoms with Crippen molar-refractivity contribution in [3.63, 3.8) is 0 Å². The Labute approximate surface area is 403 Å². The molecule has 0 spiro atoms. The first-order valence-electron chi connectivity index (χ1n) is 25.1. The molecule has 3 aromatic carbocycles. The summed E-state index contributed by atoms with van der Waals surface area (Å²) in [6.45, 7) is 38.3. The van der Waals surface area contributed by atoms with E-state index < -0.39 is 0 Å². The largest absolute Gasteiger partial charge is 0.103 e. The van der Waals surface area contributed by atoms with Crippen LogP contribution in [0.5, 0.6) is 0 Å². The molecule has 0 fully saturated rings. The maximum Gasteiger partial charge on any atom is 0.0255 e. The molecule has 0 heterocycles. The minimum absolute atomic E-state index is 0. The van der Waals surface area contributed by atoms with Gasteiger partial charge >= 0.3 is 0 Å². The molecule has 0 heteroatoms. The van der Waals surface area contributed by atoms with Crippen LogP contribution in [0.2, 0.25) is 0 Å². The van der Waals surface area contributed by atoms with Gasteiger partial charge in [-0.3, -0.25) is 0 Å². The van der Waals surface area contributed by atoms with E-state index in [4.69, 9.17) is 0 Å². The van der Waals surface area contributed by atoms with Crippen LogP contribution in [0.1, 0.15) is 241 Å². The zero-order valence-electron chi connectivity index (χ0n) is 43.3. The van der Waals surface area contributed by atoms with Gasteiger partial charge in [-0.15, -0.1) is 6.58 Å².